The molecule has 43 heavy (non-hydrogen) atoms. The Morgan fingerprint density at radius 2 is 1.91 bits per heavy atom. The zero-order valence-electron chi connectivity index (χ0n) is 23.9. The number of benzene rings is 1. The lowest BCUT2D eigenvalue weighted by molar-refractivity contribution is -0.142. The Labute approximate surface area is 250 Å². The molecule has 0 spiro atoms. The van der Waals surface area contributed by atoms with Crippen molar-refractivity contribution in [2.75, 3.05) is 37.0 Å². The van der Waals surface area contributed by atoms with E-state index in [4.69, 9.17) is 4.74 Å². The van der Waals surface area contributed by atoms with Gasteiger partial charge in [-0.1, -0.05) is 18.3 Å². The number of piperidine rings is 1. The Kier molecular flexibility index (Phi) is 9.16. The molecule has 1 atom stereocenters. The number of carboxylic acid groups (broad SMARTS) is 1. The number of halogens is 3. The molecule has 230 valence electrons. The highest BCUT2D eigenvalue weighted by Crippen LogP contribution is 2.41. The highest BCUT2D eigenvalue weighted by Gasteiger charge is 2.35. The number of hydrogen-bond donors (Lipinski definition) is 2. The lowest BCUT2D eigenvalue weighted by Gasteiger charge is -2.30. The summed E-state index contributed by atoms with van der Waals surface area (Å²) >= 11 is 1.23. The van der Waals surface area contributed by atoms with E-state index in [1.807, 2.05) is 4.90 Å². The number of ether oxygens (including phenoxy) is 1. The number of rotatable bonds is 9. The van der Waals surface area contributed by atoms with E-state index in [9.17, 15) is 27.9 Å². The van der Waals surface area contributed by atoms with Crippen LogP contribution in [0.4, 0.5) is 24.1 Å². The number of nitrogens with one attached hydrogen (secondary N) is 1. The number of nitrogens with zero attached hydrogens (tertiary/aromatic N) is 5. The fraction of sp³-hybridized carbons (Fsp3) is 0.483. The van der Waals surface area contributed by atoms with Gasteiger partial charge >= 0.3 is 12.1 Å². The normalized spacial score (nSPS) is 18.2. The number of methoxy groups -OCH3 is 1. The number of likely N-dealkylation sites (tertiary alicyclic amines) is 1. The van der Waals surface area contributed by atoms with Gasteiger partial charge in [0.25, 0.3) is 5.91 Å². The maximum atomic E-state index is 13.8. The fourth-order valence-electron chi connectivity index (χ4n) is 5.68. The third kappa shape index (κ3) is 6.90. The first-order chi connectivity index (χ1) is 20.6. The second kappa shape index (κ2) is 12.8. The third-order valence-corrected chi connectivity index (χ3v) is 9.01. The molecule has 3 aromatic rings. The van der Waals surface area contributed by atoms with Gasteiger partial charge in [0.15, 0.2) is 5.13 Å². The molecule has 0 saturated carbocycles. The van der Waals surface area contributed by atoms with Gasteiger partial charge in [-0.25, -0.2) is 15.0 Å². The van der Waals surface area contributed by atoms with Crippen molar-refractivity contribution in [3.63, 3.8) is 0 Å². The summed E-state index contributed by atoms with van der Waals surface area (Å²) in [6.45, 7) is 4.55. The number of alkyl halides is 3. The predicted octanol–water partition coefficient (Wildman–Crippen LogP) is 5.56. The van der Waals surface area contributed by atoms with Crippen LogP contribution in [0.3, 0.4) is 0 Å². The lowest BCUT2D eigenvalue weighted by atomic mass is 9.97. The van der Waals surface area contributed by atoms with Gasteiger partial charge in [-0.3, -0.25) is 19.8 Å². The molecule has 0 aliphatic carbocycles. The van der Waals surface area contributed by atoms with Gasteiger partial charge in [0.1, 0.15) is 17.3 Å². The van der Waals surface area contributed by atoms with Crippen LogP contribution in [-0.4, -0.2) is 69.6 Å². The first-order valence-electron chi connectivity index (χ1n) is 14.2. The number of carbonyl (C=O) groups excluding carboxylic acids is 1. The summed E-state index contributed by atoms with van der Waals surface area (Å²) in [4.78, 5) is 42.5. The van der Waals surface area contributed by atoms with E-state index < -0.39 is 23.6 Å². The van der Waals surface area contributed by atoms with Gasteiger partial charge in [-0.15, -0.1) is 0 Å². The standard InChI is InChI=1S/C29H33F3N6O4S/c1-3-19-5-4-10-38(19)16-23-25(18-6-7-22(42-2)20(13-18)29(30,31)32)35-28(43-23)36-26(39)21-14-34-24(15-33-21)37-11-8-17(9-12-37)27(40)41/h6-7,13-15,17,19H,3-5,8-12,16H2,1-2H3,(H,40,41)(H,35,36,39)/t19-/m1/s1. The minimum absolute atomic E-state index is 0.0527. The van der Waals surface area contributed by atoms with Crippen molar-refractivity contribution in [2.24, 2.45) is 5.92 Å². The molecule has 0 radical (unpaired) electrons. The van der Waals surface area contributed by atoms with E-state index in [2.05, 4.69) is 32.1 Å². The molecule has 2 N–H and O–H groups in total. The number of thiazole rings is 1. The molecule has 2 fully saturated rings. The van der Waals surface area contributed by atoms with Gasteiger partial charge in [0, 0.05) is 36.1 Å². The molecule has 2 aliphatic rings. The van der Waals surface area contributed by atoms with E-state index in [1.54, 1.807) is 6.07 Å². The van der Waals surface area contributed by atoms with Gasteiger partial charge in [-0.05, 0) is 56.8 Å². The highest BCUT2D eigenvalue weighted by atomic mass is 32.1. The molecular weight excluding hydrogens is 585 g/mol. The van der Waals surface area contributed by atoms with Crippen molar-refractivity contribution < 1.29 is 32.6 Å². The summed E-state index contributed by atoms with van der Waals surface area (Å²) in [7, 11) is 1.20. The Hall–Kier alpha value is -3.78. The van der Waals surface area contributed by atoms with E-state index >= 15 is 0 Å². The van der Waals surface area contributed by atoms with Crippen molar-refractivity contribution in [1.82, 2.24) is 19.9 Å². The van der Waals surface area contributed by atoms with Crippen molar-refractivity contribution in [3.05, 3.63) is 46.7 Å². The number of carboxylic acids is 1. The lowest BCUT2D eigenvalue weighted by Crippen LogP contribution is -2.36. The Bertz CT molecular complexity index is 1460. The second-order valence-corrected chi connectivity index (χ2v) is 11.8. The number of amides is 1. The Balaban J connectivity index is 1.38. The number of aromatic nitrogens is 3. The molecule has 10 nitrogen and oxygen atoms in total. The van der Waals surface area contributed by atoms with Gasteiger partial charge < -0.3 is 14.7 Å². The zero-order valence-corrected chi connectivity index (χ0v) is 24.7. The molecule has 5 rings (SSSR count). The SMILES string of the molecule is CC[C@@H]1CCCN1Cc1sc(NC(=O)c2cnc(N3CCC(C(=O)O)CC3)cn2)nc1-c1ccc(OC)c(C(F)(F)F)c1. The van der Waals surface area contributed by atoms with Crippen LogP contribution < -0.4 is 15.0 Å². The van der Waals surface area contributed by atoms with Crippen LogP contribution in [0.1, 0.15) is 60.0 Å². The summed E-state index contributed by atoms with van der Waals surface area (Å²) in [5.74, 6) is -1.45. The van der Waals surface area contributed by atoms with Crippen LogP contribution in [0.15, 0.2) is 30.6 Å². The smallest absolute Gasteiger partial charge is 0.419 e. The summed E-state index contributed by atoms with van der Waals surface area (Å²) in [5, 5.41) is 12.2. The van der Waals surface area contributed by atoms with Gasteiger partial charge in [0.05, 0.1) is 36.7 Å². The quantitative estimate of drug-likeness (QED) is 0.318. The van der Waals surface area contributed by atoms with E-state index in [-0.39, 0.29) is 28.1 Å². The third-order valence-electron chi connectivity index (χ3n) is 8.05. The fourth-order valence-corrected chi connectivity index (χ4v) is 6.69. The first-order valence-corrected chi connectivity index (χ1v) is 15.0. The van der Waals surface area contributed by atoms with E-state index in [0.717, 1.165) is 36.8 Å². The minimum atomic E-state index is -4.62. The van der Waals surface area contributed by atoms with Crippen molar-refractivity contribution in [2.45, 2.75) is 57.8 Å². The average Bonchev–Trinajstić information content (AvgIpc) is 3.62. The van der Waals surface area contributed by atoms with E-state index in [1.165, 1.54) is 36.9 Å². The van der Waals surface area contributed by atoms with Gasteiger partial charge in [-0.2, -0.15) is 13.2 Å². The van der Waals surface area contributed by atoms with Crippen LogP contribution in [0.2, 0.25) is 0 Å². The second-order valence-electron chi connectivity index (χ2n) is 10.7. The monoisotopic (exact) mass is 618 g/mol. The number of carbonyl (C=O) groups is 2. The zero-order chi connectivity index (χ0) is 30.7. The number of hydrogen-bond acceptors (Lipinski definition) is 9. The minimum Gasteiger partial charge on any atom is -0.496 e. The van der Waals surface area contributed by atoms with Crippen LogP contribution in [0.5, 0.6) is 5.75 Å². The Morgan fingerprint density at radius 1 is 1.14 bits per heavy atom. The molecule has 14 heteroatoms. The van der Waals surface area contributed by atoms with Crippen LogP contribution in [-0.2, 0) is 17.5 Å². The highest BCUT2D eigenvalue weighted by molar-refractivity contribution is 7.16. The number of anilines is 2. The molecule has 1 amide bonds. The molecular formula is C29H33F3N6O4S. The number of aliphatic carboxylic acids is 1. The van der Waals surface area contributed by atoms with E-state index in [0.29, 0.717) is 50.0 Å². The topological polar surface area (TPSA) is 121 Å². The average molecular weight is 619 g/mol. The molecule has 2 aromatic heterocycles. The van der Waals surface area contributed by atoms with Crippen LogP contribution in [0.25, 0.3) is 11.3 Å². The maximum Gasteiger partial charge on any atom is 0.419 e. The van der Waals surface area contributed by atoms with Crippen molar-refractivity contribution >= 4 is 34.2 Å². The van der Waals surface area contributed by atoms with Crippen molar-refractivity contribution in [3.8, 4) is 17.0 Å². The molecule has 2 aliphatic heterocycles. The molecule has 0 unspecified atom stereocenters. The first kappa shape index (κ1) is 30.7. The molecule has 4 heterocycles. The predicted molar refractivity (Wildman–Crippen MR) is 155 cm³/mol. The molecule has 0 bridgehead atoms. The largest absolute Gasteiger partial charge is 0.496 e. The van der Waals surface area contributed by atoms with Gasteiger partial charge in [0.2, 0.25) is 0 Å². The van der Waals surface area contributed by atoms with Crippen LogP contribution in [0, 0.1) is 5.92 Å². The molecule has 1 aromatic carbocycles. The molecule has 2 saturated heterocycles. The summed E-state index contributed by atoms with van der Waals surface area (Å²) in [6, 6.07) is 4.24. The summed E-state index contributed by atoms with van der Waals surface area (Å²) < 4.78 is 46.4. The van der Waals surface area contributed by atoms with Crippen LogP contribution >= 0.6 is 11.3 Å². The summed E-state index contributed by atoms with van der Waals surface area (Å²) in [5.41, 5.74) is -0.187. The maximum absolute atomic E-state index is 13.8. The summed E-state index contributed by atoms with van der Waals surface area (Å²) in [6.07, 6.45) is 2.27. The van der Waals surface area contributed by atoms with Crippen molar-refractivity contribution in [1.29, 1.82) is 0 Å². The Morgan fingerprint density at radius 3 is 2.53 bits per heavy atom.